The summed E-state index contributed by atoms with van der Waals surface area (Å²) in [7, 11) is 3.98. The molecule has 3 rings (SSSR count). The number of carbonyl (C=O) groups excluding carboxylic acids is 2. The van der Waals surface area contributed by atoms with Crippen LogP contribution in [0.15, 0.2) is 12.4 Å². The Morgan fingerprint density at radius 1 is 1.22 bits per heavy atom. The lowest BCUT2D eigenvalue weighted by molar-refractivity contribution is -0.143. The Balaban J connectivity index is 1.65. The second-order valence-corrected chi connectivity index (χ2v) is 8.37. The van der Waals surface area contributed by atoms with Crippen molar-refractivity contribution in [2.24, 2.45) is 5.41 Å². The Bertz CT molecular complexity index is 675. The molecule has 2 aliphatic heterocycles. The summed E-state index contributed by atoms with van der Waals surface area (Å²) in [4.78, 5) is 39.7. The maximum Gasteiger partial charge on any atom is 0.223 e. The molecule has 1 spiro atoms. The third-order valence-electron chi connectivity index (χ3n) is 5.72. The number of hydrogen-bond donors (Lipinski definition) is 0. The van der Waals surface area contributed by atoms with Gasteiger partial charge in [0.1, 0.15) is 0 Å². The molecule has 2 aliphatic rings. The summed E-state index contributed by atoms with van der Waals surface area (Å²) in [6.07, 6.45) is 7.57. The molecule has 0 bridgehead atoms. The Hall–Kier alpha value is -2.02. The van der Waals surface area contributed by atoms with Gasteiger partial charge in [-0.1, -0.05) is 0 Å². The zero-order valence-corrected chi connectivity index (χ0v) is 16.8. The van der Waals surface area contributed by atoms with E-state index in [1.807, 2.05) is 35.7 Å². The Morgan fingerprint density at radius 2 is 2.04 bits per heavy atom. The van der Waals surface area contributed by atoms with E-state index in [-0.39, 0.29) is 17.2 Å². The minimum atomic E-state index is 0.0259. The van der Waals surface area contributed by atoms with Gasteiger partial charge in [-0.25, -0.2) is 0 Å². The zero-order valence-electron chi connectivity index (χ0n) is 16.8. The van der Waals surface area contributed by atoms with Gasteiger partial charge in [-0.2, -0.15) is 0 Å². The normalized spacial score (nSPS) is 23.3. The lowest BCUT2D eigenvalue weighted by Crippen LogP contribution is -2.55. The van der Waals surface area contributed by atoms with E-state index in [1.165, 1.54) is 0 Å². The molecule has 7 heteroatoms. The SMILES string of the molecule is Cc1cnc(CN2C[C@]3(CCCN(C(=O)CCN(C)C)C3)CCC2=O)cn1. The van der Waals surface area contributed by atoms with Gasteiger partial charge in [0.05, 0.1) is 24.1 Å². The van der Waals surface area contributed by atoms with Crippen LogP contribution in [-0.4, -0.2) is 76.8 Å². The van der Waals surface area contributed by atoms with Gasteiger partial charge in [0.15, 0.2) is 0 Å². The van der Waals surface area contributed by atoms with Crippen molar-refractivity contribution < 1.29 is 9.59 Å². The topological polar surface area (TPSA) is 69.6 Å². The molecule has 148 valence electrons. The Labute approximate surface area is 161 Å². The standard InChI is InChI=1S/C20H31N5O2/c1-16-11-22-17(12-21-16)13-25-15-20(8-5-18(25)26)7-4-9-24(14-20)19(27)6-10-23(2)3/h11-12H,4-10,13-15H2,1-3H3/t20-/m1/s1. The van der Waals surface area contributed by atoms with Crippen molar-refractivity contribution in [1.29, 1.82) is 0 Å². The van der Waals surface area contributed by atoms with Crippen LogP contribution in [0.4, 0.5) is 0 Å². The molecule has 2 fully saturated rings. The summed E-state index contributed by atoms with van der Waals surface area (Å²) in [5.74, 6) is 0.412. The highest BCUT2D eigenvalue weighted by molar-refractivity contribution is 5.78. The van der Waals surface area contributed by atoms with E-state index in [9.17, 15) is 9.59 Å². The molecule has 1 aromatic heterocycles. The van der Waals surface area contributed by atoms with Gasteiger partial charge >= 0.3 is 0 Å². The smallest absolute Gasteiger partial charge is 0.223 e. The first-order chi connectivity index (χ1) is 12.9. The zero-order chi connectivity index (χ0) is 19.4. The second-order valence-electron chi connectivity index (χ2n) is 8.37. The molecular weight excluding hydrogens is 342 g/mol. The van der Waals surface area contributed by atoms with Gasteiger partial charge in [-0.3, -0.25) is 19.6 Å². The van der Waals surface area contributed by atoms with Crippen LogP contribution in [0.5, 0.6) is 0 Å². The van der Waals surface area contributed by atoms with Crippen molar-refractivity contribution in [2.75, 3.05) is 40.3 Å². The van der Waals surface area contributed by atoms with Gasteiger partial charge in [0.25, 0.3) is 0 Å². The van der Waals surface area contributed by atoms with Gasteiger partial charge in [-0.05, 0) is 40.3 Å². The summed E-state index contributed by atoms with van der Waals surface area (Å²) in [6.45, 7) is 5.50. The monoisotopic (exact) mass is 373 g/mol. The summed E-state index contributed by atoms with van der Waals surface area (Å²) < 4.78 is 0. The third kappa shape index (κ3) is 5.03. The van der Waals surface area contributed by atoms with Crippen molar-refractivity contribution in [3.05, 3.63) is 23.8 Å². The Kier molecular flexibility index (Phi) is 6.09. The summed E-state index contributed by atoms with van der Waals surface area (Å²) in [5, 5.41) is 0. The molecule has 2 amide bonds. The van der Waals surface area contributed by atoms with E-state index < -0.39 is 0 Å². The number of hydrogen-bond acceptors (Lipinski definition) is 5. The summed E-state index contributed by atoms with van der Waals surface area (Å²) >= 11 is 0. The van der Waals surface area contributed by atoms with Crippen LogP contribution in [0.25, 0.3) is 0 Å². The molecule has 0 saturated carbocycles. The molecule has 0 radical (unpaired) electrons. The highest BCUT2D eigenvalue weighted by Crippen LogP contribution is 2.39. The summed E-state index contributed by atoms with van der Waals surface area (Å²) in [6, 6.07) is 0. The first-order valence-corrected chi connectivity index (χ1v) is 9.85. The Morgan fingerprint density at radius 3 is 2.74 bits per heavy atom. The van der Waals surface area contributed by atoms with Crippen LogP contribution in [0.1, 0.15) is 43.5 Å². The predicted octanol–water partition coefficient (Wildman–Crippen LogP) is 1.47. The quantitative estimate of drug-likeness (QED) is 0.782. The lowest BCUT2D eigenvalue weighted by atomic mass is 9.73. The predicted molar refractivity (Wildman–Crippen MR) is 103 cm³/mol. The van der Waals surface area contributed by atoms with Gasteiger partial charge < -0.3 is 14.7 Å². The van der Waals surface area contributed by atoms with E-state index in [2.05, 4.69) is 9.97 Å². The van der Waals surface area contributed by atoms with Crippen molar-refractivity contribution in [1.82, 2.24) is 24.7 Å². The molecule has 7 nitrogen and oxygen atoms in total. The molecular formula is C20H31N5O2. The fraction of sp³-hybridized carbons (Fsp3) is 0.700. The molecule has 1 atom stereocenters. The number of carbonyl (C=O) groups is 2. The number of rotatable bonds is 5. The maximum absolute atomic E-state index is 12.6. The number of nitrogens with zero attached hydrogens (tertiary/aromatic N) is 5. The first-order valence-electron chi connectivity index (χ1n) is 9.85. The molecule has 1 aromatic rings. The maximum atomic E-state index is 12.6. The molecule has 0 N–H and O–H groups in total. The van der Waals surface area contributed by atoms with Crippen molar-refractivity contribution >= 4 is 11.8 Å². The average molecular weight is 374 g/mol. The lowest BCUT2D eigenvalue weighted by Gasteiger charge is -2.48. The van der Waals surface area contributed by atoms with Crippen LogP contribution in [0, 0.1) is 12.3 Å². The van der Waals surface area contributed by atoms with Crippen molar-refractivity contribution in [3.63, 3.8) is 0 Å². The van der Waals surface area contributed by atoms with Crippen LogP contribution < -0.4 is 0 Å². The van der Waals surface area contributed by atoms with Crippen LogP contribution in [-0.2, 0) is 16.1 Å². The van der Waals surface area contributed by atoms with Gasteiger partial charge in [-0.15, -0.1) is 0 Å². The molecule has 27 heavy (non-hydrogen) atoms. The minimum absolute atomic E-state index is 0.0259. The average Bonchev–Trinajstić information content (AvgIpc) is 2.65. The second kappa shape index (κ2) is 8.33. The number of amides is 2. The number of piperidine rings is 2. The van der Waals surface area contributed by atoms with E-state index in [0.717, 1.165) is 50.3 Å². The van der Waals surface area contributed by atoms with Crippen LogP contribution in [0.3, 0.4) is 0 Å². The van der Waals surface area contributed by atoms with Crippen LogP contribution in [0.2, 0.25) is 0 Å². The van der Waals surface area contributed by atoms with Crippen molar-refractivity contribution in [2.45, 2.75) is 45.6 Å². The van der Waals surface area contributed by atoms with Gasteiger partial charge in [0.2, 0.25) is 11.8 Å². The van der Waals surface area contributed by atoms with E-state index in [0.29, 0.717) is 25.9 Å². The number of likely N-dealkylation sites (tertiary alicyclic amines) is 2. The van der Waals surface area contributed by atoms with E-state index in [1.54, 1.807) is 12.4 Å². The molecule has 3 heterocycles. The largest absolute Gasteiger partial charge is 0.342 e. The highest BCUT2D eigenvalue weighted by Gasteiger charge is 2.42. The fourth-order valence-electron chi connectivity index (χ4n) is 4.17. The summed E-state index contributed by atoms with van der Waals surface area (Å²) in [5.41, 5.74) is 1.72. The number of aryl methyl sites for hydroxylation is 1. The number of aromatic nitrogens is 2. The van der Waals surface area contributed by atoms with E-state index in [4.69, 9.17) is 0 Å². The fourth-order valence-corrected chi connectivity index (χ4v) is 4.17. The van der Waals surface area contributed by atoms with Crippen molar-refractivity contribution in [3.8, 4) is 0 Å². The molecule has 0 aromatic carbocycles. The van der Waals surface area contributed by atoms with Crippen LogP contribution >= 0.6 is 0 Å². The first kappa shape index (κ1) is 19.7. The van der Waals surface area contributed by atoms with E-state index >= 15 is 0 Å². The molecule has 2 saturated heterocycles. The third-order valence-corrected chi connectivity index (χ3v) is 5.72. The molecule has 0 aliphatic carbocycles. The molecule has 0 unspecified atom stereocenters. The highest BCUT2D eigenvalue weighted by atomic mass is 16.2. The minimum Gasteiger partial charge on any atom is -0.342 e. The van der Waals surface area contributed by atoms with Gasteiger partial charge in [0, 0.05) is 50.6 Å².